The Hall–Kier alpha value is -3.61. The number of imidazole rings is 1. The summed E-state index contributed by atoms with van der Waals surface area (Å²) in [6, 6.07) is 13.9. The van der Waals surface area contributed by atoms with Crippen LogP contribution < -0.4 is 15.4 Å². The van der Waals surface area contributed by atoms with Crippen LogP contribution in [-0.2, 0) is 12.8 Å². The van der Waals surface area contributed by atoms with Gasteiger partial charge in [0.1, 0.15) is 11.6 Å². The molecule has 7 heteroatoms. The minimum atomic E-state index is 0.577. The van der Waals surface area contributed by atoms with Gasteiger partial charge in [-0.25, -0.2) is 9.97 Å². The Balaban J connectivity index is 1.73. The van der Waals surface area contributed by atoms with E-state index in [1.807, 2.05) is 49.6 Å². The Bertz CT molecular complexity index is 1060. The van der Waals surface area contributed by atoms with Crippen molar-refractivity contribution in [2.45, 2.75) is 12.8 Å². The fourth-order valence-electron chi connectivity index (χ4n) is 3.17. The van der Waals surface area contributed by atoms with Crippen molar-refractivity contribution in [3.05, 3.63) is 66.2 Å². The van der Waals surface area contributed by atoms with E-state index in [1.165, 1.54) is 5.56 Å². The lowest BCUT2D eigenvalue weighted by molar-refractivity contribution is 0.415. The predicted octanol–water partition coefficient (Wildman–Crippen LogP) is 3.93. The fourth-order valence-corrected chi connectivity index (χ4v) is 3.17. The van der Waals surface area contributed by atoms with E-state index in [4.69, 9.17) is 4.74 Å². The summed E-state index contributed by atoms with van der Waals surface area (Å²) < 4.78 is 5.24. The molecule has 3 N–H and O–H groups in total. The van der Waals surface area contributed by atoms with Gasteiger partial charge in [-0.1, -0.05) is 12.1 Å². The number of nitrogens with zero attached hydrogens (tertiary/aromatic N) is 3. The summed E-state index contributed by atoms with van der Waals surface area (Å²) in [6.07, 6.45) is 5.33. The van der Waals surface area contributed by atoms with Crippen molar-refractivity contribution >= 4 is 28.4 Å². The van der Waals surface area contributed by atoms with E-state index in [1.54, 1.807) is 13.4 Å². The third kappa shape index (κ3) is 3.73. The van der Waals surface area contributed by atoms with Gasteiger partial charge in [-0.15, -0.1) is 0 Å². The van der Waals surface area contributed by atoms with Crippen LogP contribution in [0.25, 0.3) is 10.9 Å². The van der Waals surface area contributed by atoms with Crippen molar-refractivity contribution in [3.8, 4) is 5.75 Å². The highest BCUT2D eigenvalue weighted by Crippen LogP contribution is 2.29. The van der Waals surface area contributed by atoms with Gasteiger partial charge in [-0.2, -0.15) is 4.98 Å². The molecule has 0 unspecified atom stereocenters. The van der Waals surface area contributed by atoms with Gasteiger partial charge in [-0.05, 0) is 48.7 Å². The lowest BCUT2D eigenvalue weighted by Gasteiger charge is -2.14. The number of aromatic amines is 1. The highest BCUT2D eigenvalue weighted by Gasteiger charge is 2.12. The summed E-state index contributed by atoms with van der Waals surface area (Å²) in [5, 5.41) is 7.50. The van der Waals surface area contributed by atoms with Crippen LogP contribution in [0.2, 0.25) is 0 Å². The van der Waals surface area contributed by atoms with Gasteiger partial charge in [0, 0.05) is 24.3 Å². The van der Waals surface area contributed by atoms with Gasteiger partial charge in [-0.3, -0.25) is 0 Å². The Kier molecular flexibility index (Phi) is 5.05. The van der Waals surface area contributed by atoms with E-state index in [0.29, 0.717) is 5.95 Å². The molecule has 0 atom stereocenters. The number of nitrogens with one attached hydrogen (secondary N) is 3. The number of aromatic nitrogens is 4. The van der Waals surface area contributed by atoms with Crippen molar-refractivity contribution in [2.75, 3.05) is 24.8 Å². The molecule has 0 radical (unpaired) electrons. The number of hydrogen-bond donors (Lipinski definition) is 3. The molecule has 7 nitrogen and oxygen atoms in total. The zero-order chi connectivity index (χ0) is 19.3. The Morgan fingerprint density at radius 2 is 1.89 bits per heavy atom. The maximum Gasteiger partial charge on any atom is 0.224 e. The van der Waals surface area contributed by atoms with E-state index in [0.717, 1.165) is 46.7 Å². The number of rotatable bonds is 7. The van der Waals surface area contributed by atoms with Gasteiger partial charge in [0.15, 0.2) is 0 Å². The summed E-state index contributed by atoms with van der Waals surface area (Å²) in [7, 11) is 3.48. The molecule has 2 aromatic carbocycles. The third-order valence-electron chi connectivity index (χ3n) is 4.59. The first-order valence-electron chi connectivity index (χ1n) is 9.13. The normalized spacial score (nSPS) is 10.8. The molecular formula is C21H22N6O. The average molecular weight is 374 g/mol. The Labute approximate surface area is 163 Å². The molecule has 0 fully saturated rings. The van der Waals surface area contributed by atoms with Gasteiger partial charge >= 0.3 is 0 Å². The summed E-state index contributed by atoms with van der Waals surface area (Å²) in [4.78, 5) is 16.6. The smallest absolute Gasteiger partial charge is 0.224 e. The first kappa shape index (κ1) is 17.8. The van der Waals surface area contributed by atoms with E-state index in [2.05, 4.69) is 36.6 Å². The number of H-pyrrole nitrogens is 1. The van der Waals surface area contributed by atoms with Gasteiger partial charge in [0.2, 0.25) is 5.95 Å². The van der Waals surface area contributed by atoms with Crippen LogP contribution in [0.5, 0.6) is 5.75 Å². The maximum absolute atomic E-state index is 5.24. The summed E-state index contributed by atoms with van der Waals surface area (Å²) >= 11 is 0. The molecule has 0 bridgehead atoms. The number of benzene rings is 2. The Morgan fingerprint density at radius 3 is 2.61 bits per heavy atom. The highest BCUT2D eigenvalue weighted by molar-refractivity contribution is 5.94. The van der Waals surface area contributed by atoms with Crippen LogP contribution in [-0.4, -0.2) is 34.1 Å². The zero-order valence-corrected chi connectivity index (χ0v) is 15.9. The van der Waals surface area contributed by atoms with Gasteiger partial charge in [0.25, 0.3) is 0 Å². The molecule has 0 aliphatic heterocycles. The summed E-state index contributed by atoms with van der Waals surface area (Å²) in [6.45, 7) is 0. The summed E-state index contributed by atoms with van der Waals surface area (Å²) in [5.74, 6) is 2.17. The molecule has 28 heavy (non-hydrogen) atoms. The SMILES string of the molecule is CNc1nc(Nc2ccc(OC)cc2)c2c(CCc3c[nH]cn3)cccc2n1. The van der Waals surface area contributed by atoms with Gasteiger partial charge < -0.3 is 20.4 Å². The van der Waals surface area contributed by atoms with Crippen LogP contribution >= 0.6 is 0 Å². The molecule has 0 saturated carbocycles. The predicted molar refractivity (Wildman–Crippen MR) is 111 cm³/mol. The second-order valence-corrected chi connectivity index (χ2v) is 6.37. The van der Waals surface area contributed by atoms with Crippen molar-refractivity contribution in [3.63, 3.8) is 0 Å². The minimum absolute atomic E-state index is 0.577. The van der Waals surface area contributed by atoms with Gasteiger partial charge in [0.05, 0.1) is 24.6 Å². The number of hydrogen-bond acceptors (Lipinski definition) is 6. The van der Waals surface area contributed by atoms with Crippen molar-refractivity contribution < 1.29 is 4.74 Å². The third-order valence-corrected chi connectivity index (χ3v) is 4.59. The fraction of sp³-hybridized carbons (Fsp3) is 0.190. The number of ether oxygens (including phenoxy) is 1. The van der Waals surface area contributed by atoms with Crippen LogP contribution in [0.1, 0.15) is 11.3 Å². The molecule has 4 rings (SSSR count). The topological polar surface area (TPSA) is 87.8 Å². The lowest BCUT2D eigenvalue weighted by atomic mass is 10.0. The second-order valence-electron chi connectivity index (χ2n) is 6.37. The summed E-state index contributed by atoms with van der Waals surface area (Å²) in [5.41, 5.74) is 4.05. The molecule has 0 spiro atoms. The number of anilines is 3. The van der Waals surface area contributed by atoms with Crippen LogP contribution in [0, 0.1) is 0 Å². The van der Waals surface area contributed by atoms with Crippen molar-refractivity contribution in [1.82, 2.24) is 19.9 Å². The first-order valence-corrected chi connectivity index (χ1v) is 9.13. The van der Waals surface area contributed by atoms with Crippen LogP contribution in [0.4, 0.5) is 17.5 Å². The minimum Gasteiger partial charge on any atom is -0.497 e. The molecule has 0 aliphatic rings. The average Bonchev–Trinajstić information content (AvgIpc) is 3.26. The van der Waals surface area contributed by atoms with E-state index < -0.39 is 0 Å². The standard InChI is InChI=1S/C21H22N6O/c1-22-21-26-18-5-3-4-14(6-7-16-12-23-13-24-16)19(18)20(27-21)25-15-8-10-17(28-2)11-9-15/h3-5,8-13H,6-7H2,1-2H3,(H,23,24)(H2,22,25,26,27). The second kappa shape index (κ2) is 7.96. The molecular weight excluding hydrogens is 352 g/mol. The molecule has 4 aromatic rings. The first-order chi connectivity index (χ1) is 13.8. The monoisotopic (exact) mass is 374 g/mol. The molecule has 142 valence electrons. The highest BCUT2D eigenvalue weighted by atomic mass is 16.5. The number of aryl methyl sites for hydroxylation is 2. The number of methoxy groups -OCH3 is 1. The zero-order valence-electron chi connectivity index (χ0n) is 15.9. The van der Waals surface area contributed by atoms with Crippen molar-refractivity contribution in [2.24, 2.45) is 0 Å². The van der Waals surface area contributed by atoms with Crippen molar-refractivity contribution in [1.29, 1.82) is 0 Å². The largest absolute Gasteiger partial charge is 0.497 e. The van der Waals surface area contributed by atoms with Crippen LogP contribution in [0.3, 0.4) is 0 Å². The van der Waals surface area contributed by atoms with E-state index in [9.17, 15) is 0 Å². The molecule has 2 heterocycles. The van der Waals surface area contributed by atoms with Crippen LogP contribution in [0.15, 0.2) is 55.0 Å². The molecule has 0 saturated heterocycles. The quantitative estimate of drug-likeness (QED) is 0.454. The molecule has 0 amide bonds. The number of fused-ring (bicyclic) bond motifs is 1. The molecule has 2 aromatic heterocycles. The lowest BCUT2D eigenvalue weighted by Crippen LogP contribution is -2.04. The van der Waals surface area contributed by atoms with E-state index in [-0.39, 0.29) is 0 Å². The Morgan fingerprint density at radius 1 is 1.04 bits per heavy atom. The van der Waals surface area contributed by atoms with E-state index >= 15 is 0 Å². The molecule has 0 aliphatic carbocycles. The maximum atomic E-state index is 5.24.